The number of hydrogen-bond donors (Lipinski definition) is 0. The fraction of sp³-hybridized carbons (Fsp3) is 0.667. The number of thiazole rings is 1. The lowest BCUT2D eigenvalue weighted by atomic mass is 9.94. The molecule has 1 aliphatic carbocycles. The summed E-state index contributed by atoms with van der Waals surface area (Å²) in [5, 5.41) is 0. The number of aryl methyl sites for hydroxylation is 1. The first kappa shape index (κ1) is 13.0. The number of nitrogens with zero attached hydrogens (tertiary/aromatic N) is 2. The molecule has 1 heterocycles. The molecule has 1 aromatic heterocycles. The predicted octanol–water partition coefficient (Wildman–Crippen LogP) is 3.23. The molecule has 5 heteroatoms. The largest absolute Gasteiger partial charge is 0.337 e. The third kappa shape index (κ3) is 2.71. The van der Waals surface area contributed by atoms with Gasteiger partial charge in [0.25, 0.3) is 5.91 Å². The highest BCUT2D eigenvalue weighted by Crippen LogP contribution is 2.29. The molecule has 0 N–H and O–H groups in total. The monoisotopic (exact) mass is 316 g/mol. The fourth-order valence-corrected chi connectivity index (χ4v) is 4.05. The third-order valence-electron chi connectivity index (χ3n) is 3.40. The maximum atomic E-state index is 12.3. The summed E-state index contributed by atoms with van der Waals surface area (Å²) >= 11 is 5.13. The van der Waals surface area contributed by atoms with E-state index in [0.717, 1.165) is 23.4 Å². The molecule has 17 heavy (non-hydrogen) atoms. The summed E-state index contributed by atoms with van der Waals surface area (Å²) in [4.78, 5) is 19.6. The average molecular weight is 317 g/mol. The minimum Gasteiger partial charge on any atom is -0.337 e. The van der Waals surface area contributed by atoms with Gasteiger partial charge >= 0.3 is 0 Å². The second-order valence-corrected chi connectivity index (χ2v) is 6.58. The van der Waals surface area contributed by atoms with Crippen molar-refractivity contribution in [2.75, 3.05) is 7.05 Å². The lowest BCUT2D eigenvalue weighted by molar-refractivity contribution is 0.0708. The number of rotatable bonds is 2. The summed E-state index contributed by atoms with van der Waals surface area (Å²) < 4.78 is 0. The minimum atomic E-state index is 0.112. The summed E-state index contributed by atoms with van der Waals surface area (Å²) in [5.41, 5.74) is 2.58. The number of carbonyl (C=O) groups excluding carboxylic acids is 1. The van der Waals surface area contributed by atoms with Crippen LogP contribution in [-0.2, 0) is 0 Å². The van der Waals surface area contributed by atoms with E-state index in [4.69, 9.17) is 0 Å². The molecule has 2 unspecified atom stereocenters. The number of halogens is 1. The topological polar surface area (TPSA) is 33.2 Å². The van der Waals surface area contributed by atoms with E-state index in [1.807, 2.05) is 18.9 Å². The Labute approximate surface area is 114 Å². The highest BCUT2D eigenvalue weighted by Gasteiger charge is 2.30. The molecule has 1 aromatic rings. The van der Waals surface area contributed by atoms with Gasteiger partial charge in [0.1, 0.15) is 4.88 Å². The fourth-order valence-electron chi connectivity index (χ4n) is 2.32. The molecule has 0 radical (unpaired) electrons. The summed E-state index contributed by atoms with van der Waals surface area (Å²) in [5.74, 6) is 0.112. The van der Waals surface area contributed by atoms with E-state index >= 15 is 0 Å². The van der Waals surface area contributed by atoms with Crippen molar-refractivity contribution in [1.82, 2.24) is 9.88 Å². The predicted molar refractivity (Wildman–Crippen MR) is 73.9 cm³/mol. The van der Waals surface area contributed by atoms with Crippen LogP contribution in [0, 0.1) is 6.92 Å². The number of alkyl halides is 1. The molecule has 2 rings (SSSR count). The molecule has 2 atom stereocenters. The lowest BCUT2D eigenvalue weighted by Gasteiger charge is -2.35. The molecule has 1 amide bonds. The van der Waals surface area contributed by atoms with E-state index in [1.165, 1.54) is 24.2 Å². The van der Waals surface area contributed by atoms with E-state index in [0.29, 0.717) is 10.9 Å². The summed E-state index contributed by atoms with van der Waals surface area (Å²) in [6.45, 7) is 1.89. The second-order valence-electron chi connectivity index (χ2n) is 4.55. The number of hydrogen-bond acceptors (Lipinski definition) is 3. The van der Waals surface area contributed by atoms with Gasteiger partial charge in [0.05, 0.1) is 11.2 Å². The van der Waals surface area contributed by atoms with Crippen LogP contribution in [0.2, 0.25) is 0 Å². The van der Waals surface area contributed by atoms with Crippen LogP contribution >= 0.6 is 27.3 Å². The number of aromatic nitrogens is 1. The van der Waals surface area contributed by atoms with E-state index in [2.05, 4.69) is 20.9 Å². The molecule has 0 bridgehead atoms. The van der Waals surface area contributed by atoms with Crippen molar-refractivity contribution >= 4 is 33.2 Å². The average Bonchev–Trinajstić information content (AvgIpc) is 2.74. The Kier molecular flexibility index (Phi) is 4.20. The van der Waals surface area contributed by atoms with E-state index in [-0.39, 0.29) is 5.91 Å². The van der Waals surface area contributed by atoms with Gasteiger partial charge in [-0.05, 0) is 19.8 Å². The molecule has 3 nitrogen and oxygen atoms in total. The first-order valence-electron chi connectivity index (χ1n) is 5.92. The second kappa shape index (κ2) is 5.48. The third-order valence-corrected chi connectivity index (χ3v) is 5.39. The van der Waals surface area contributed by atoms with Gasteiger partial charge in [-0.1, -0.05) is 28.8 Å². The zero-order valence-electron chi connectivity index (χ0n) is 10.1. The highest BCUT2D eigenvalue weighted by atomic mass is 79.9. The zero-order valence-corrected chi connectivity index (χ0v) is 12.6. The molecule has 94 valence electrons. The molecule has 1 aliphatic rings. The number of carbonyl (C=O) groups is 1. The Balaban J connectivity index is 2.11. The maximum absolute atomic E-state index is 12.3. The van der Waals surface area contributed by atoms with Crippen molar-refractivity contribution in [3.05, 3.63) is 16.1 Å². The van der Waals surface area contributed by atoms with E-state index in [1.54, 1.807) is 5.51 Å². The lowest BCUT2D eigenvalue weighted by Crippen LogP contribution is -2.44. The van der Waals surface area contributed by atoms with Gasteiger partial charge < -0.3 is 4.90 Å². The normalized spacial score (nSPS) is 24.6. The summed E-state index contributed by atoms with van der Waals surface area (Å²) in [7, 11) is 1.91. The van der Waals surface area contributed by atoms with Crippen molar-refractivity contribution < 1.29 is 4.79 Å². The molecule has 1 saturated carbocycles. The Hall–Kier alpha value is -0.420. The van der Waals surface area contributed by atoms with Gasteiger partial charge in [-0.15, -0.1) is 11.3 Å². The van der Waals surface area contributed by atoms with E-state index in [9.17, 15) is 4.79 Å². The SMILES string of the molecule is Cc1ncsc1C(=O)N(C)C1CCCCC1Br. The molecular formula is C12H17BrN2OS. The van der Waals surface area contributed by atoms with Gasteiger partial charge in [-0.2, -0.15) is 0 Å². The Bertz CT molecular complexity index is 407. The highest BCUT2D eigenvalue weighted by molar-refractivity contribution is 9.09. The van der Waals surface area contributed by atoms with Crippen LogP contribution in [0.5, 0.6) is 0 Å². The van der Waals surface area contributed by atoms with Crippen LogP contribution < -0.4 is 0 Å². The van der Waals surface area contributed by atoms with Crippen LogP contribution in [0.25, 0.3) is 0 Å². The van der Waals surface area contributed by atoms with Crippen LogP contribution in [0.15, 0.2) is 5.51 Å². The Morgan fingerprint density at radius 1 is 1.53 bits per heavy atom. The maximum Gasteiger partial charge on any atom is 0.265 e. The number of amides is 1. The van der Waals surface area contributed by atoms with Gasteiger partial charge in [0.2, 0.25) is 0 Å². The zero-order chi connectivity index (χ0) is 12.4. The molecule has 0 spiro atoms. The van der Waals surface area contributed by atoms with E-state index < -0.39 is 0 Å². The first-order chi connectivity index (χ1) is 8.11. The van der Waals surface area contributed by atoms with Crippen molar-refractivity contribution in [3.63, 3.8) is 0 Å². The molecule has 0 aromatic carbocycles. The summed E-state index contributed by atoms with van der Waals surface area (Å²) in [6.07, 6.45) is 4.72. The van der Waals surface area contributed by atoms with Crippen LogP contribution in [0.1, 0.15) is 41.0 Å². The van der Waals surface area contributed by atoms with Crippen molar-refractivity contribution in [2.24, 2.45) is 0 Å². The summed E-state index contributed by atoms with van der Waals surface area (Å²) in [6, 6.07) is 0.317. The molecule has 1 fully saturated rings. The molecule has 0 aliphatic heterocycles. The smallest absolute Gasteiger partial charge is 0.265 e. The van der Waals surface area contributed by atoms with Gasteiger partial charge in [-0.25, -0.2) is 4.98 Å². The standard InChI is InChI=1S/C12H17BrN2OS/c1-8-11(17-7-14-8)12(16)15(2)10-6-4-3-5-9(10)13/h7,9-10H,3-6H2,1-2H3. The Morgan fingerprint density at radius 2 is 2.24 bits per heavy atom. The molecule has 0 saturated heterocycles. The van der Waals surface area contributed by atoms with Crippen LogP contribution in [0.4, 0.5) is 0 Å². The quantitative estimate of drug-likeness (QED) is 0.785. The van der Waals surface area contributed by atoms with Gasteiger partial charge in [0, 0.05) is 17.9 Å². The van der Waals surface area contributed by atoms with Crippen molar-refractivity contribution in [2.45, 2.75) is 43.5 Å². The van der Waals surface area contributed by atoms with Crippen molar-refractivity contribution in [1.29, 1.82) is 0 Å². The van der Waals surface area contributed by atoms with Gasteiger partial charge in [-0.3, -0.25) is 4.79 Å². The minimum absolute atomic E-state index is 0.112. The van der Waals surface area contributed by atoms with Gasteiger partial charge in [0.15, 0.2) is 0 Å². The van der Waals surface area contributed by atoms with Crippen molar-refractivity contribution in [3.8, 4) is 0 Å². The van der Waals surface area contributed by atoms with Crippen LogP contribution in [0.3, 0.4) is 0 Å². The first-order valence-corrected chi connectivity index (χ1v) is 7.72. The Morgan fingerprint density at radius 3 is 2.82 bits per heavy atom. The van der Waals surface area contributed by atoms with Crippen LogP contribution in [-0.4, -0.2) is 33.7 Å². The molecular weight excluding hydrogens is 300 g/mol.